The SMILES string of the molecule is C=C(C)NCCCn1c(C2C=CC(OC(F)(F)F)=CC2)csc1=NC(=O)c1ccncc1. The van der Waals surface area contributed by atoms with Gasteiger partial charge in [-0.2, -0.15) is 4.99 Å². The second-order valence-corrected chi connectivity index (χ2v) is 8.00. The van der Waals surface area contributed by atoms with Crippen LogP contribution >= 0.6 is 11.3 Å². The van der Waals surface area contributed by atoms with Gasteiger partial charge in [-0.1, -0.05) is 12.7 Å². The van der Waals surface area contributed by atoms with Gasteiger partial charge in [0.15, 0.2) is 4.80 Å². The fourth-order valence-electron chi connectivity index (χ4n) is 3.16. The molecule has 3 rings (SSSR count). The summed E-state index contributed by atoms with van der Waals surface area (Å²) in [5, 5.41) is 5.06. The zero-order chi connectivity index (χ0) is 23.1. The first-order valence-corrected chi connectivity index (χ1v) is 10.8. The number of carbonyl (C=O) groups is 1. The molecule has 10 heteroatoms. The molecule has 6 nitrogen and oxygen atoms in total. The molecule has 1 unspecified atom stereocenters. The molecule has 2 aromatic rings. The van der Waals surface area contributed by atoms with E-state index in [1.54, 1.807) is 18.2 Å². The Morgan fingerprint density at radius 1 is 1.41 bits per heavy atom. The van der Waals surface area contributed by atoms with E-state index in [1.165, 1.54) is 35.9 Å². The van der Waals surface area contributed by atoms with Crippen LogP contribution in [-0.2, 0) is 11.3 Å². The summed E-state index contributed by atoms with van der Waals surface area (Å²) < 4.78 is 43.3. The zero-order valence-corrected chi connectivity index (χ0v) is 18.2. The predicted molar refractivity (Wildman–Crippen MR) is 116 cm³/mol. The Balaban J connectivity index is 1.84. The van der Waals surface area contributed by atoms with Crippen molar-refractivity contribution in [3.63, 3.8) is 0 Å². The third kappa shape index (κ3) is 6.68. The first-order valence-electron chi connectivity index (χ1n) is 9.94. The van der Waals surface area contributed by atoms with E-state index in [0.29, 0.717) is 29.9 Å². The van der Waals surface area contributed by atoms with E-state index in [0.717, 1.165) is 17.8 Å². The molecular weight excluding hydrogens is 441 g/mol. The Morgan fingerprint density at radius 3 is 2.78 bits per heavy atom. The molecule has 1 atom stereocenters. The first kappa shape index (κ1) is 23.5. The van der Waals surface area contributed by atoms with E-state index < -0.39 is 6.36 Å². The van der Waals surface area contributed by atoms with Crippen LogP contribution in [0, 0.1) is 0 Å². The van der Waals surface area contributed by atoms with Gasteiger partial charge in [0.1, 0.15) is 5.76 Å². The van der Waals surface area contributed by atoms with Crippen LogP contribution in [-0.4, -0.2) is 28.4 Å². The molecule has 2 heterocycles. The van der Waals surface area contributed by atoms with Crippen LogP contribution in [0.1, 0.15) is 41.7 Å². The Bertz CT molecular complexity index is 1080. The molecule has 1 aliphatic carbocycles. The number of amides is 1. The molecule has 0 aromatic carbocycles. The molecule has 0 fully saturated rings. The summed E-state index contributed by atoms with van der Waals surface area (Å²) in [4.78, 5) is 21.3. The van der Waals surface area contributed by atoms with Crippen molar-refractivity contribution >= 4 is 17.2 Å². The number of thiazole rings is 1. The van der Waals surface area contributed by atoms with Gasteiger partial charge in [0.25, 0.3) is 5.91 Å². The number of carbonyl (C=O) groups excluding carboxylic acids is 1. The highest BCUT2D eigenvalue weighted by atomic mass is 32.1. The van der Waals surface area contributed by atoms with E-state index >= 15 is 0 Å². The molecule has 0 spiro atoms. The molecule has 0 saturated heterocycles. The summed E-state index contributed by atoms with van der Waals surface area (Å²) in [6.45, 7) is 6.96. The van der Waals surface area contributed by atoms with E-state index in [2.05, 4.69) is 26.6 Å². The van der Waals surface area contributed by atoms with Crippen LogP contribution < -0.4 is 10.1 Å². The second-order valence-electron chi connectivity index (χ2n) is 7.16. The smallest absolute Gasteiger partial charge is 0.406 e. The summed E-state index contributed by atoms with van der Waals surface area (Å²) in [5.74, 6) is -0.755. The number of alkyl halides is 3. The van der Waals surface area contributed by atoms with Gasteiger partial charge in [-0.25, -0.2) is 0 Å². The largest absolute Gasteiger partial charge is 0.573 e. The molecule has 0 saturated carbocycles. The van der Waals surface area contributed by atoms with Crippen molar-refractivity contribution in [1.82, 2.24) is 14.9 Å². The molecule has 0 aliphatic heterocycles. The lowest BCUT2D eigenvalue weighted by molar-refractivity contribution is -0.303. The number of rotatable bonds is 8. The second kappa shape index (κ2) is 10.4. The molecule has 1 N–H and O–H groups in total. The standard InChI is InChI=1S/C22H23F3N4O2S/c1-15(2)27-10-3-13-29-19(16-4-6-18(7-5-16)31-22(23,24)25)14-32-21(29)28-20(30)17-8-11-26-12-9-17/h4,6-9,11-12,14,16,27H,1,3,5,10,13H2,2H3. The highest BCUT2D eigenvalue weighted by molar-refractivity contribution is 7.07. The molecule has 0 bridgehead atoms. The third-order valence-corrected chi connectivity index (χ3v) is 5.50. The fraction of sp³-hybridized carbons (Fsp3) is 0.318. The summed E-state index contributed by atoms with van der Waals surface area (Å²) in [7, 11) is 0. The number of halogens is 3. The quantitative estimate of drug-likeness (QED) is 0.577. The number of nitrogens with zero attached hydrogens (tertiary/aromatic N) is 3. The number of pyridine rings is 1. The van der Waals surface area contributed by atoms with Crippen molar-refractivity contribution in [3.05, 3.63) is 82.2 Å². The van der Waals surface area contributed by atoms with Gasteiger partial charge >= 0.3 is 6.36 Å². The van der Waals surface area contributed by atoms with Crippen LogP contribution in [0.3, 0.4) is 0 Å². The molecule has 1 amide bonds. The maximum absolute atomic E-state index is 12.6. The number of ether oxygens (including phenoxy) is 1. The van der Waals surface area contributed by atoms with Gasteiger partial charge in [-0.15, -0.1) is 24.5 Å². The van der Waals surface area contributed by atoms with Crippen LogP contribution in [0.4, 0.5) is 13.2 Å². The summed E-state index contributed by atoms with van der Waals surface area (Å²) >= 11 is 1.32. The third-order valence-electron chi connectivity index (χ3n) is 4.62. The van der Waals surface area contributed by atoms with Crippen molar-refractivity contribution in [1.29, 1.82) is 0 Å². The van der Waals surface area contributed by atoms with E-state index in [-0.39, 0.29) is 17.6 Å². The van der Waals surface area contributed by atoms with Gasteiger partial charge < -0.3 is 14.6 Å². The summed E-state index contributed by atoms with van der Waals surface area (Å²) in [6.07, 6.45) is 3.86. The average Bonchev–Trinajstić information content (AvgIpc) is 3.13. The lowest BCUT2D eigenvalue weighted by Gasteiger charge is -2.19. The van der Waals surface area contributed by atoms with Gasteiger partial charge in [-0.05, 0) is 44.1 Å². The monoisotopic (exact) mass is 464 g/mol. The molecule has 170 valence electrons. The molecule has 32 heavy (non-hydrogen) atoms. The number of hydrogen-bond acceptors (Lipinski definition) is 5. The first-order chi connectivity index (χ1) is 15.2. The fourth-order valence-corrected chi connectivity index (χ4v) is 4.15. The van der Waals surface area contributed by atoms with Crippen LogP contribution in [0.15, 0.2) is 71.2 Å². The van der Waals surface area contributed by atoms with Crippen molar-refractivity contribution in [2.75, 3.05) is 6.54 Å². The summed E-state index contributed by atoms with van der Waals surface area (Å²) in [5.41, 5.74) is 2.17. The Hall–Kier alpha value is -3.14. The Labute approximate surface area is 187 Å². The minimum absolute atomic E-state index is 0.152. The highest BCUT2D eigenvalue weighted by Gasteiger charge is 2.32. The minimum atomic E-state index is -4.72. The maximum atomic E-state index is 12.6. The maximum Gasteiger partial charge on any atom is 0.573 e. The van der Waals surface area contributed by atoms with E-state index in [4.69, 9.17) is 0 Å². The van der Waals surface area contributed by atoms with Crippen molar-refractivity contribution in [3.8, 4) is 0 Å². The minimum Gasteiger partial charge on any atom is -0.406 e. The zero-order valence-electron chi connectivity index (χ0n) is 17.4. The predicted octanol–water partition coefficient (Wildman–Crippen LogP) is 4.66. The van der Waals surface area contributed by atoms with Crippen molar-refractivity contribution in [2.45, 2.75) is 38.6 Å². The molecule has 1 aliphatic rings. The number of nitrogens with one attached hydrogen (secondary N) is 1. The topological polar surface area (TPSA) is 68.5 Å². The van der Waals surface area contributed by atoms with Crippen LogP contribution in [0.5, 0.6) is 0 Å². The summed E-state index contributed by atoms with van der Waals surface area (Å²) in [6, 6.07) is 3.19. The van der Waals surface area contributed by atoms with E-state index in [9.17, 15) is 18.0 Å². The number of aromatic nitrogens is 2. The Kier molecular flexibility index (Phi) is 7.68. The number of hydrogen-bond donors (Lipinski definition) is 1. The van der Waals surface area contributed by atoms with Crippen molar-refractivity contribution in [2.24, 2.45) is 4.99 Å². The lowest BCUT2D eigenvalue weighted by Crippen LogP contribution is -2.23. The van der Waals surface area contributed by atoms with E-state index in [1.807, 2.05) is 16.9 Å². The van der Waals surface area contributed by atoms with Gasteiger partial charge in [-0.3, -0.25) is 9.78 Å². The highest BCUT2D eigenvalue weighted by Crippen LogP contribution is 2.30. The normalized spacial score (nSPS) is 16.6. The molecular formula is C22H23F3N4O2S. The van der Waals surface area contributed by atoms with Gasteiger partial charge in [0, 0.05) is 53.7 Å². The lowest BCUT2D eigenvalue weighted by atomic mass is 9.97. The van der Waals surface area contributed by atoms with Crippen LogP contribution in [0.2, 0.25) is 0 Å². The molecule has 2 aromatic heterocycles. The average molecular weight is 465 g/mol. The van der Waals surface area contributed by atoms with Crippen LogP contribution in [0.25, 0.3) is 0 Å². The Morgan fingerprint density at radius 2 is 2.16 bits per heavy atom. The molecule has 0 radical (unpaired) electrons. The van der Waals surface area contributed by atoms with Gasteiger partial charge in [0.05, 0.1) is 0 Å². The van der Waals surface area contributed by atoms with Gasteiger partial charge in [0.2, 0.25) is 0 Å². The van der Waals surface area contributed by atoms with Crippen molar-refractivity contribution < 1.29 is 22.7 Å². The number of allylic oxidation sites excluding steroid dienone is 4.